The predicted octanol–water partition coefficient (Wildman–Crippen LogP) is 1.64. The van der Waals surface area contributed by atoms with Gasteiger partial charge in [0.15, 0.2) is 0 Å². The topological polar surface area (TPSA) is 41.6 Å². The van der Waals surface area contributed by atoms with Crippen molar-refractivity contribution in [2.45, 2.75) is 19.9 Å². The van der Waals surface area contributed by atoms with Crippen LogP contribution in [0.5, 0.6) is 0 Å². The van der Waals surface area contributed by atoms with E-state index in [1.165, 1.54) is 6.07 Å². The second-order valence-electron chi connectivity index (χ2n) is 4.97. The molecular weight excluding hydrogens is 259 g/mol. The number of hydrogen-bond acceptors (Lipinski definition) is 4. The van der Waals surface area contributed by atoms with E-state index in [1.807, 2.05) is 11.8 Å². The van der Waals surface area contributed by atoms with Crippen molar-refractivity contribution in [3.8, 4) is 0 Å². The van der Waals surface area contributed by atoms with Crippen molar-refractivity contribution < 1.29 is 13.9 Å². The van der Waals surface area contributed by atoms with Crippen LogP contribution in [0.4, 0.5) is 4.39 Å². The maximum absolute atomic E-state index is 14.1. The summed E-state index contributed by atoms with van der Waals surface area (Å²) >= 11 is 0. The van der Waals surface area contributed by atoms with Crippen LogP contribution in [0.2, 0.25) is 0 Å². The highest BCUT2D eigenvalue weighted by atomic mass is 19.1. The van der Waals surface area contributed by atoms with E-state index in [4.69, 9.17) is 4.74 Å². The average Bonchev–Trinajstić information content (AvgIpc) is 2.44. The maximum Gasteiger partial charge on any atom is 0.328 e. The zero-order valence-electron chi connectivity index (χ0n) is 12.0. The molecule has 1 N–H and O–H groups in total. The van der Waals surface area contributed by atoms with Crippen molar-refractivity contribution in [2.24, 2.45) is 0 Å². The lowest BCUT2D eigenvalue weighted by Crippen LogP contribution is -2.47. The van der Waals surface area contributed by atoms with Crippen molar-refractivity contribution in [3.05, 3.63) is 35.1 Å². The van der Waals surface area contributed by atoms with E-state index in [9.17, 15) is 9.18 Å². The number of piperazine rings is 1. The number of esters is 1. The Bertz CT molecular complexity index is 473. The number of nitrogens with zero attached hydrogens (tertiary/aromatic N) is 1. The van der Waals surface area contributed by atoms with Gasteiger partial charge < -0.3 is 10.1 Å². The molecule has 2 rings (SSSR count). The van der Waals surface area contributed by atoms with E-state index < -0.39 is 6.04 Å². The fourth-order valence-electron chi connectivity index (χ4n) is 2.51. The Hall–Kier alpha value is -1.46. The number of carbonyl (C=O) groups excluding carboxylic acids is 1. The molecular formula is C15H21FN2O2. The third-order valence-electron chi connectivity index (χ3n) is 3.47. The number of rotatable bonds is 4. The molecule has 0 radical (unpaired) electrons. The van der Waals surface area contributed by atoms with Crippen LogP contribution in [0, 0.1) is 12.7 Å². The number of halogens is 1. The zero-order chi connectivity index (χ0) is 14.5. The molecule has 1 unspecified atom stereocenters. The molecule has 0 spiro atoms. The Kier molecular flexibility index (Phi) is 5.09. The molecule has 1 atom stereocenters. The molecule has 1 aliphatic heterocycles. The fraction of sp³-hybridized carbons (Fsp3) is 0.533. The summed E-state index contributed by atoms with van der Waals surface area (Å²) in [5.74, 6) is -0.730. The number of carbonyl (C=O) groups is 1. The Balaban J connectivity index is 2.34. The van der Waals surface area contributed by atoms with Gasteiger partial charge in [0.1, 0.15) is 11.9 Å². The van der Waals surface area contributed by atoms with Gasteiger partial charge in [-0.3, -0.25) is 4.90 Å². The summed E-state index contributed by atoms with van der Waals surface area (Å²) in [6.45, 7) is 6.96. The molecule has 1 aromatic rings. The largest absolute Gasteiger partial charge is 0.465 e. The number of nitrogens with one attached hydrogen (secondary N) is 1. The van der Waals surface area contributed by atoms with E-state index in [1.54, 1.807) is 19.1 Å². The second kappa shape index (κ2) is 6.81. The van der Waals surface area contributed by atoms with Crippen molar-refractivity contribution in [1.29, 1.82) is 0 Å². The molecule has 0 bridgehead atoms. The second-order valence-corrected chi connectivity index (χ2v) is 4.97. The summed E-state index contributed by atoms with van der Waals surface area (Å²) in [6.07, 6.45) is 0. The first-order valence-electron chi connectivity index (χ1n) is 7.01. The van der Waals surface area contributed by atoms with E-state index in [0.29, 0.717) is 25.3 Å². The van der Waals surface area contributed by atoms with Gasteiger partial charge >= 0.3 is 5.97 Å². The number of ether oxygens (including phenoxy) is 1. The molecule has 1 aromatic carbocycles. The van der Waals surface area contributed by atoms with Gasteiger partial charge in [-0.2, -0.15) is 0 Å². The molecule has 0 amide bonds. The maximum atomic E-state index is 14.1. The highest BCUT2D eigenvalue weighted by molar-refractivity contribution is 5.78. The van der Waals surface area contributed by atoms with Crippen molar-refractivity contribution in [3.63, 3.8) is 0 Å². The molecule has 1 heterocycles. The third-order valence-corrected chi connectivity index (χ3v) is 3.47. The first kappa shape index (κ1) is 14.9. The highest BCUT2D eigenvalue weighted by Gasteiger charge is 2.32. The fourth-order valence-corrected chi connectivity index (χ4v) is 2.51. The molecule has 0 aliphatic carbocycles. The lowest BCUT2D eigenvalue weighted by molar-refractivity contribution is -0.150. The summed E-state index contributed by atoms with van der Waals surface area (Å²) in [5, 5.41) is 3.23. The van der Waals surface area contributed by atoms with Crippen molar-refractivity contribution in [1.82, 2.24) is 10.2 Å². The van der Waals surface area contributed by atoms with Crippen LogP contribution in [0.15, 0.2) is 18.2 Å². The highest BCUT2D eigenvalue weighted by Crippen LogP contribution is 2.26. The lowest BCUT2D eigenvalue weighted by Gasteiger charge is -2.33. The third kappa shape index (κ3) is 3.35. The normalized spacial score (nSPS) is 17.8. The van der Waals surface area contributed by atoms with Crippen LogP contribution in [-0.4, -0.2) is 43.7 Å². The molecule has 0 aromatic heterocycles. The molecule has 1 aliphatic rings. The lowest BCUT2D eigenvalue weighted by atomic mass is 10.0. The van der Waals surface area contributed by atoms with E-state index in [2.05, 4.69) is 5.32 Å². The molecule has 0 saturated carbocycles. The van der Waals surface area contributed by atoms with Crippen LogP contribution >= 0.6 is 0 Å². The smallest absolute Gasteiger partial charge is 0.328 e. The first-order valence-corrected chi connectivity index (χ1v) is 7.01. The first-order chi connectivity index (χ1) is 9.63. The number of hydrogen-bond donors (Lipinski definition) is 1. The minimum absolute atomic E-state index is 0.300. The van der Waals surface area contributed by atoms with Crippen LogP contribution < -0.4 is 5.32 Å². The zero-order valence-corrected chi connectivity index (χ0v) is 12.0. The minimum Gasteiger partial charge on any atom is -0.465 e. The van der Waals surface area contributed by atoms with Crippen molar-refractivity contribution >= 4 is 5.97 Å². The summed E-state index contributed by atoms with van der Waals surface area (Å²) < 4.78 is 19.3. The van der Waals surface area contributed by atoms with E-state index >= 15 is 0 Å². The van der Waals surface area contributed by atoms with Crippen molar-refractivity contribution in [2.75, 3.05) is 32.8 Å². The monoisotopic (exact) mass is 280 g/mol. The van der Waals surface area contributed by atoms with Crippen LogP contribution in [0.25, 0.3) is 0 Å². The Morgan fingerprint density at radius 3 is 2.80 bits per heavy atom. The molecule has 4 nitrogen and oxygen atoms in total. The average molecular weight is 280 g/mol. The molecule has 1 fully saturated rings. The molecule has 1 saturated heterocycles. The summed E-state index contributed by atoms with van der Waals surface area (Å²) in [6, 6.07) is 4.20. The quantitative estimate of drug-likeness (QED) is 0.851. The number of aryl methyl sites for hydroxylation is 1. The van der Waals surface area contributed by atoms with Crippen LogP contribution in [-0.2, 0) is 9.53 Å². The Morgan fingerprint density at radius 2 is 2.15 bits per heavy atom. The predicted molar refractivity (Wildman–Crippen MR) is 75.0 cm³/mol. The van der Waals surface area contributed by atoms with E-state index in [-0.39, 0.29) is 11.8 Å². The summed E-state index contributed by atoms with van der Waals surface area (Å²) in [4.78, 5) is 14.2. The number of benzene rings is 1. The standard InChI is InChI=1S/C15H21FN2O2/c1-3-20-15(19)14(18-8-6-17-7-9-18)12-10-11(2)4-5-13(12)16/h4-5,10,14,17H,3,6-9H2,1-2H3. The SMILES string of the molecule is CCOC(=O)C(c1cc(C)ccc1F)N1CCNCC1. The van der Waals surface area contributed by atoms with Gasteiger partial charge in [-0.05, 0) is 19.9 Å². The van der Waals surface area contributed by atoms with E-state index in [0.717, 1.165) is 18.7 Å². The van der Waals surface area contributed by atoms with Gasteiger partial charge in [0.05, 0.1) is 6.61 Å². The Morgan fingerprint density at radius 1 is 1.45 bits per heavy atom. The summed E-state index contributed by atoms with van der Waals surface area (Å²) in [7, 11) is 0. The van der Waals surface area contributed by atoms with Gasteiger partial charge in [-0.25, -0.2) is 9.18 Å². The Labute approximate surface area is 118 Å². The van der Waals surface area contributed by atoms with Gasteiger partial charge in [0.25, 0.3) is 0 Å². The van der Waals surface area contributed by atoms with Gasteiger partial charge in [-0.1, -0.05) is 17.7 Å². The van der Waals surface area contributed by atoms with Gasteiger partial charge in [-0.15, -0.1) is 0 Å². The van der Waals surface area contributed by atoms with Crippen LogP contribution in [0.3, 0.4) is 0 Å². The molecule has 20 heavy (non-hydrogen) atoms. The van der Waals surface area contributed by atoms with Gasteiger partial charge in [0.2, 0.25) is 0 Å². The van der Waals surface area contributed by atoms with Crippen LogP contribution in [0.1, 0.15) is 24.1 Å². The molecule has 110 valence electrons. The minimum atomic E-state index is -0.656. The molecule has 5 heteroatoms. The van der Waals surface area contributed by atoms with Gasteiger partial charge in [0, 0.05) is 31.7 Å². The summed E-state index contributed by atoms with van der Waals surface area (Å²) in [5.41, 5.74) is 1.34.